The molecule has 0 aliphatic rings. The number of anilines is 1. The Labute approximate surface area is 104 Å². The minimum Gasteiger partial charge on any atom is -0.267 e. The number of nitrogens with zero attached hydrogens (tertiary/aromatic N) is 2. The molecule has 0 aliphatic heterocycles. The van der Waals surface area contributed by atoms with Gasteiger partial charge >= 0.3 is 0 Å². The molecule has 2 rings (SSSR count). The molecule has 2 N–H and O–H groups in total. The maximum Gasteiger partial charge on any atom is 0.273 e. The Kier molecular flexibility index (Phi) is 3.37. The summed E-state index contributed by atoms with van der Waals surface area (Å²) in [6, 6.07) is 13.7. The molecule has 1 heterocycles. The van der Waals surface area contributed by atoms with Crippen molar-refractivity contribution >= 4 is 23.3 Å². The standard InChI is InChI=1S/C12H10ClN3O/c13-10-7-4-8-11(15-10)16(14)12(17)9-5-2-1-3-6-9/h1-8H,14H2. The van der Waals surface area contributed by atoms with Gasteiger partial charge in [0.15, 0.2) is 5.82 Å². The predicted molar refractivity (Wildman–Crippen MR) is 66.7 cm³/mol. The highest BCUT2D eigenvalue weighted by atomic mass is 35.5. The second kappa shape index (κ2) is 4.95. The molecule has 0 radical (unpaired) electrons. The fourth-order valence-corrected chi connectivity index (χ4v) is 1.51. The molecule has 0 unspecified atom stereocenters. The van der Waals surface area contributed by atoms with Crippen molar-refractivity contribution in [3.63, 3.8) is 0 Å². The number of halogens is 1. The monoisotopic (exact) mass is 247 g/mol. The number of pyridine rings is 1. The van der Waals surface area contributed by atoms with Crippen LogP contribution in [0.2, 0.25) is 5.15 Å². The van der Waals surface area contributed by atoms with Crippen molar-refractivity contribution in [2.24, 2.45) is 5.84 Å². The van der Waals surface area contributed by atoms with E-state index in [0.29, 0.717) is 16.5 Å². The lowest BCUT2D eigenvalue weighted by Gasteiger charge is -2.15. The Hall–Kier alpha value is -1.91. The molecular weight excluding hydrogens is 238 g/mol. The van der Waals surface area contributed by atoms with Crippen molar-refractivity contribution in [2.45, 2.75) is 0 Å². The highest BCUT2D eigenvalue weighted by Gasteiger charge is 2.14. The Bertz CT molecular complexity index is 530. The number of rotatable bonds is 2. The number of benzene rings is 1. The first-order valence-corrected chi connectivity index (χ1v) is 5.33. The molecule has 1 aromatic heterocycles. The van der Waals surface area contributed by atoms with E-state index in [1.165, 1.54) is 0 Å². The maximum absolute atomic E-state index is 12.0. The van der Waals surface area contributed by atoms with Crippen LogP contribution < -0.4 is 10.9 Å². The van der Waals surface area contributed by atoms with Crippen molar-refractivity contribution in [1.82, 2.24) is 4.98 Å². The van der Waals surface area contributed by atoms with E-state index >= 15 is 0 Å². The number of hydrazine groups is 1. The van der Waals surface area contributed by atoms with Crippen molar-refractivity contribution in [3.8, 4) is 0 Å². The van der Waals surface area contributed by atoms with E-state index in [0.717, 1.165) is 5.01 Å². The van der Waals surface area contributed by atoms with Gasteiger partial charge in [0.1, 0.15) is 5.15 Å². The smallest absolute Gasteiger partial charge is 0.267 e. The number of hydrogen-bond acceptors (Lipinski definition) is 3. The summed E-state index contributed by atoms with van der Waals surface area (Å²) < 4.78 is 0. The van der Waals surface area contributed by atoms with Crippen LogP contribution in [0.25, 0.3) is 0 Å². The normalized spacial score (nSPS) is 10.0. The molecule has 0 bridgehead atoms. The van der Waals surface area contributed by atoms with E-state index in [4.69, 9.17) is 17.4 Å². The molecular formula is C12H10ClN3O. The maximum atomic E-state index is 12.0. The third-order valence-electron chi connectivity index (χ3n) is 2.19. The summed E-state index contributed by atoms with van der Waals surface area (Å²) in [5.41, 5.74) is 0.497. The average Bonchev–Trinajstić information content (AvgIpc) is 2.38. The van der Waals surface area contributed by atoms with Crippen LogP contribution in [-0.2, 0) is 0 Å². The summed E-state index contributed by atoms with van der Waals surface area (Å²) in [5.74, 6) is 5.68. The first kappa shape index (κ1) is 11.6. The van der Waals surface area contributed by atoms with Crippen LogP contribution in [0.3, 0.4) is 0 Å². The highest BCUT2D eigenvalue weighted by Crippen LogP contribution is 2.14. The molecule has 1 amide bonds. The molecule has 0 spiro atoms. The largest absolute Gasteiger partial charge is 0.273 e. The quantitative estimate of drug-likeness (QED) is 0.383. The topological polar surface area (TPSA) is 59.2 Å². The number of carbonyl (C=O) groups is 1. The minimum absolute atomic E-state index is 0.291. The number of aromatic nitrogens is 1. The summed E-state index contributed by atoms with van der Waals surface area (Å²) >= 11 is 5.73. The average molecular weight is 248 g/mol. The Balaban J connectivity index is 2.27. The van der Waals surface area contributed by atoms with Gasteiger partial charge in [-0.2, -0.15) is 0 Å². The molecule has 0 saturated heterocycles. The lowest BCUT2D eigenvalue weighted by Crippen LogP contribution is -2.38. The van der Waals surface area contributed by atoms with Gasteiger partial charge in [0.2, 0.25) is 0 Å². The lowest BCUT2D eigenvalue weighted by molar-refractivity contribution is 0.0986. The molecule has 0 aliphatic carbocycles. The van der Waals surface area contributed by atoms with Crippen LogP contribution in [0.1, 0.15) is 10.4 Å². The zero-order valence-corrected chi connectivity index (χ0v) is 9.63. The SMILES string of the molecule is NN(C(=O)c1ccccc1)c1cccc(Cl)n1. The number of nitrogens with two attached hydrogens (primary N) is 1. The van der Waals surface area contributed by atoms with Gasteiger partial charge in [-0.1, -0.05) is 35.9 Å². The van der Waals surface area contributed by atoms with Crippen LogP contribution in [0.4, 0.5) is 5.82 Å². The fraction of sp³-hybridized carbons (Fsp3) is 0. The van der Waals surface area contributed by atoms with Crippen LogP contribution in [0.15, 0.2) is 48.5 Å². The Morgan fingerprint density at radius 1 is 1.12 bits per heavy atom. The van der Waals surface area contributed by atoms with Crippen LogP contribution in [-0.4, -0.2) is 10.9 Å². The van der Waals surface area contributed by atoms with Gasteiger partial charge in [0.25, 0.3) is 5.91 Å². The highest BCUT2D eigenvalue weighted by molar-refractivity contribution is 6.29. The fourth-order valence-electron chi connectivity index (χ4n) is 1.36. The van der Waals surface area contributed by atoms with E-state index in [1.807, 2.05) is 6.07 Å². The first-order valence-electron chi connectivity index (χ1n) is 4.95. The zero-order valence-electron chi connectivity index (χ0n) is 8.88. The van der Waals surface area contributed by atoms with Gasteiger partial charge < -0.3 is 0 Å². The molecule has 0 saturated carbocycles. The lowest BCUT2D eigenvalue weighted by atomic mass is 10.2. The van der Waals surface area contributed by atoms with Crippen molar-refractivity contribution < 1.29 is 4.79 Å². The summed E-state index contributed by atoms with van der Waals surface area (Å²) in [4.78, 5) is 15.9. The summed E-state index contributed by atoms with van der Waals surface area (Å²) in [5, 5.41) is 1.26. The van der Waals surface area contributed by atoms with Crippen molar-refractivity contribution in [3.05, 3.63) is 59.2 Å². The summed E-state index contributed by atoms with van der Waals surface area (Å²) in [6.07, 6.45) is 0. The Morgan fingerprint density at radius 2 is 1.82 bits per heavy atom. The molecule has 86 valence electrons. The van der Waals surface area contributed by atoms with E-state index in [1.54, 1.807) is 42.5 Å². The third kappa shape index (κ3) is 2.61. The molecule has 5 heteroatoms. The molecule has 2 aromatic rings. The second-order valence-corrected chi connectivity index (χ2v) is 3.75. The second-order valence-electron chi connectivity index (χ2n) is 3.36. The Morgan fingerprint density at radius 3 is 2.47 bits per heavy atom. The van der Waals surface area contributed by atoms with Gasteiger partial charge in [0, 0.05) is 5.56 Å². The predicted octanol–water partition coefficient (Wildman–Crippen LogP) is 2.26. The van der Waals surface area contributed by atoms with E-state index in [2.05, 4.69) is 4.98 Å². The van der Waals surface area contributed by atoms with Gasteiger partial charge in [-0.05, 0) is 24.3 Å². The van der Waals surface area contributed by atoms with E-state index in [9.17, 15) is 4.79 Å². The first-order chi connectivity index (χ1) is 8.18. The van der Waals surface area contributed by atoms with Gasteiger partial charge in [-0.25, -0.2) is 15.8 Å². The number of carbonyl (C=O) groups excluding carboxylic acids is 1. The van der Waals surface area contributed by atoms with Crippen LogP contribution in [0, 0.1) is 0 Å². The van der Waals surface area contributed by atoms with Crippen molar-refractivity contribution in [2.75, 3.05) is 5.01 Å². The van der Waals surface area contributed by atoms with E-state index in [-0.39, 0.29) is 5.91 Å². The molecule has 1 aromatic carbocycles. The summed E-state index contributed by atoms with van der Waals surface area (Å²) in [6.45, 7) is 0. The van der Waals surface area contributed by atoms with Crippen LogP contribution in [0.5, 0.6) is 0 Å². The van der Waals surface area contributed by atoms with E-state index < -0.39 is 0 Å². The van der Waals surface area contributed by atoms with Gasteiger partial charge in [0.05, 0.1) is 0 Å². The third-order valence-corrected chi connectivity index (χ3v) is 2.40. The number of hydrogen-bond donors (Lipinski definition) is 1. The van der Waals surface area contributed by atoms with Crippen molar-refractivity contribution in [1.29, 1.82) is 0 Å². The molecule has 0 atom stereocenters. The summed E-state index contributed by atoms with van der Waals surface area (Å²) in [7, 11) is 0. The molecule has 4 nitrogen and oxygen atoms in total. The van der Waals surface area contributed by atoms with Gasteiger partial charge in [-0.3, -0.25) is 4.79 Å². The zero-order chi connectivity index (χ0) is 12.3. The van der Waals surface area contributed by atoms with Gasteiger partial charge in [-0.15, -0.1) is 0 Å². The molecule has 0 fully saturated rings. The number of amides is 1. The minimum atomic E-state index is -0.333. The molecule has 17 heavy (non-hydrogen) atoms. The van der Waals surface area contributed by atoms with Crippen LogP contribution >= 0.6 is 11.6 Å².